The lowest BCUT2D eigenvalue weighted by molar-refractivity contribution is 0.0724. The summed E-state index contributed by atoms with van der Waals surface area (Å²) < 4.78 is 5.45. The molecule has 0 atom stereocenters. The predicted molar refractivity (Wildman–Crippen MR) is 120 cm³/mol. The Kier molecular flexibility index (Phi) is 6.00. The number of methoxy groups -OCH3 is 1. The fraction of sp³-hybridized carbons (Fsp3) is 0.125. The van der Waals surface area contributed by atoms with Gasteiger partial charge in [-0.3, -0.25) is 9.59 Å². The van der Waals surface area contributed by atoms with Gasteiger partial charge in [0.25, 0.3) is 11.5 Å². The molecule has 31 heavy (non-hydrogen) atoms. The van der Waals surface area contributed by atoms with Crippen molar-refractivity contribution >= 4 is 28.4 Å². The van der Waals surface area contributed by atoms with Crippen LogP contribution in [0.3, 0.4) is 0 Å². The Balaban J connectivity index is 1.72. The van der Waals surface area contributed by atoms with Crippen LogP contribution in [-0.4, -0.2) is 27.9 Å². The molecule has 0 aliphatic carbocycles. The number of halogens is 1. The van der Waals surface area contributed by atoms with E-state index in [1.165, 1.54) is 0 Å². The summed E-state index contributed by atoms with van der Waals surface area (Å²) in [4.78, 5) is 34.8. The van der Waals surface area contributed by atoms with Crippen LogP contribution in [0.4, 0.5) is 0 Å². The van der Waals surface area contributed by atoms with Crippen molar-refractivity contribution in [2.45, 2.75) is 13.1 Å². The van der Waals surface area contributed by atoms with Gasteiger partial charge in [-0.05, 0) is 42.5 Å². The molecule has 0 spiro atoms. The number of fused-ring (bicyclic) bond motifs is 1. The summed E-state index contributed by atoms with van der Waals surface area (Å²) in [6, 6.07) is 21.3. The van der Waals surface area contributed by atoms with Crippen molar-refractivity contribution in [1.29, 1.82) is 0 Å². The normalized spacial score (nSPS) is 10.8. The predicted octanol–water partition coefficient (Wildman–Crippen LogP) is 4.43. The molecule has 4 rings (SSSR count). The minimum atomic E-state index is -0.239. The van der Waals surface area contributed by atoms with Gasteiger partial charge < -0.3 is 14.6 Å². The van der Waals surface area contributed by atoms with Crippen LogP contribution in [0.1, 0.15) is 21.7 Å². The summed E-state index contributed by atoms with van der Waals surface area (Å²) in [5, 5.41) is 1.06. The first-order valence-corrected chi connectivity index (χ1v) is 10.1. The van der Waals surface area contributed by atoms with Crippen LogP contribution in [0.15, 0.2) is 77.6 Å². The zero-order valence-electron chi connectivity index (χ0n) is 16.8. The number of benzene rings is 3. The van der Waals surface area contributed by atoms with Crippen LogP contribution in [0.2, 0.25) is 5.02 Å². The number of hydrogen-bond donors (Lipinski definition) is 1. The third-order valence-corrected chi connectivity index (χ3v) is 5.19. The van der Waals surface area contributed by atoms with Gasteiger partial charge in [-0.25, -0.2) is 4.98 Å². The van der Waals surface area contributed by atoms with Gasteiger partial charge in [-0.2, -0.15) is 0 Å². The van der Waals surface area contributed by atoms with Gasteiger partial charge in [-0.15, -0.1) is 0 Å². The fourth-order valence-corrected chi connectivity index (χ4v) is 3.53. The Morgan fingerprint density at radius 2 is 1.71 bits per heavy atom. The molecule has 1 amide bonds. The molecule has 0 bridgehead atoms. The molecule has 1 heterocycles. The monoisotopic (exact) mass is 433 g/mol. The van der Waals surface area contributed by atoms with Crippen LogP contribution in [0.25, 0.3) is 10.9 Å². The minimum Gasteiger partial charge on any atom is -0.496 e. The van der Waals surface area contributed by atoms with Crippen molar-refractivity contribution in [3.8, 4) is 5.75 Å². The first-order valence-electron chi connectivity index (χ1n) is 9.70. The highest BCUT2D eigenvalue weighted by Crippen LogP contribution is 2.22. The van der Waals surface area contributed by atoms with Crippen LogP contribution in [0.5, 0.6) is 5.75 Å². The lowest BCUT2D eigenvalue weighted by atomic mass is 10.1. The number of aromatic nitrogens is 2. The molecule has 0 fully saturated rings. The number of nitrogens with zero attached hydrogens (tertiary/aromatic N) is 2. The average molecular weight is 434 g/mol. The van der Waals surface area contributed by atoms with E-state index in [2.05, 4.69) is 9.97 Å². The highest BCUT2D eigenvalue weighted by Gasteiger charge is 2.20. The van der Waals surface area contributed by atoms with Crippen molar-refractivity contribution in [3.63, 3.8) is 0 Å². The van der Waals surface area contributed by atoms with Crippen LogP contribution >= 0.6 is 11.6 Å². The fourth-order valence-electron chi connectivity index (χ4n) is 3.40. The molecule has 1 N–H and O–H groups in total. The topological polar surface area (TPSA) is 75.3 Å². The Labute approximate surface area is 184 Å². The Morgan fingerprint density at radius 3 is 2.48 bits per heavy atom. The van der Waals surface area contributed by atoms with E-state index >= 15 is 0 Å². The van der Waals surface area contributed by atoms with Crippen LogP contribution < -0.4 is 10.3 Å². The highest BCUT2D eigenvalue weighted by molar-refractivity contribution is 6.30. The summed E-state index contributed by atoms with van der Waals surface area (Å²) in [5.74, 6) is 0.871. The minimum absolute atomic E-state index is 0.125. The zero-order valence-corrected chi connectivity index (χ0v) is 17.6. The van der Waals surface area contributed by atoms with Gasteiger partial charge >= 0.3 is 0 Å². The quantitative estimate of drug-likeness (QED) is 0.488. The lowest BCUT2D eigenvalue weighted by Gasteiger charge is -2.23. The number of aromatic amines is 1. The van der Waals surface area contributed by atoms with Crippen molar-refractivity contribution in [2.75, 3.05) is 7.11 Å². The van der Waals surface area contributed by atoms with Gasteiger partial charge in [-0.1, -0.05) is 41.9 Å². The molecule has 0 aliphatic heterocycles. The Bertz CT molecular complexity index is 1290. The van der Waals surface area contributed by atoms with E-state index < -0.39 is 0 Å². The van der Waals surface area contributed by atoms with Crippen molar-refractivity contribution in [1.82, 2.24) is 14.9 Å². The molecule has 0 radical (unpaired) electrons. The van der Waals surface area contributed by atoms with E-state index in [0.717, 1.165) is 5.56 Å². The molecule has 4 aromatic rings. The van der Waals surface area contributed by atoms with E-state index in [0.29, 0.717) is 33.1 Å². The summed E-state index contributed by atoms with van der Waals surface area (Å²) in [6.07, 6.45) is 0. The largest absolute Gasteiger partial charge is 0.496 e. The molecular formula is C24H20ClN3O3. The lowest BCUT2D eigenvalue weighted by Crippen LogP contribution is -2.32. The molecule has 0 saturated carbocycles. The van der Waals surface area contributed by atoms with E-state index in [4.69, 9.17) is 16.3 Å². The smallest absolute Gasteiger partial charge is 0.258 e. The van der Waals surface area contributed by atoms with Gasteiger partial charge in [0.2, 0.25) is 0 Å². The number of para-hydroxylation sites is 2. The van der Waals surface area contributed by atoms with E-state index in [1.807, 2.05) is 30.3 Å². The number of nitrogens with one attached hydrogen (secondary N) is 1. The number of ether oxygens (including phenoxy) is 1. The summed E-state index contributed by atoms with van der Waals surface area (Å²) in [7, 11) is 1.59. The zero-order chi connectivity index (χ0) is 21.8. The third-order valence-electron chi connectivity index (χ3n) is 4.93. The second-order valence-corrected chi connectivity index (χ2v) is 7.45. The number of carbonyl (C=O) groups is 1. The first-order chi connectivity index (χ1) is 15.0. The van der Waals surface area contributed by atoms with Crippen molar-refractivity contribution < 1.29 is 9.53 Å². The molecule has 0 unspecified atom stereocenters. The molecule has 6 nitrogen and oxygen atoms in total. The maximum atomic E-state index is 13.3. The number of hydrogen-bond acceptors (Lipinski definition) is 4. The first kappa shape index (κ1) is 20.6. The molecule has 1 aromatic heterocycles. The second-order valence-electron chi connectivity index (χ2n) is 7.01. The summed E-state index contributed by atoms with van der Waals surface area (Å²) >= 11 is 5.98. The molecule has 7 heteroatoms. The van der Waals surface area contributed by atoms with Crippen LogP contribution in [0, 0.1) is 0 Å². The van der Waals surface area contributed by atoms with Crippen LogP contribution in [-0.2, 0) is 13.1 Å². The van der Waals surface area contributed by atoms with Gasteiger partial charge in [0.05, 0.1) is 31.1 Å². The van der Waals surface area contributed by atoms with Crippen molar-refractivity contribution in [2.24, 2.45) is 0 Å². The maximum absolute atomic E-state index is 13.3. The molecule has 0 aliphatic rings. The SMILES string of the molecule is COc1ccccc1CN(Cc1nc2ccccc2c(=O)[nH]1)C(=O)c1ccc(Cl)cc1. The van der Waals surface area contributed by atoms with Gasteiger partial charge in [0, 0.05) is 16.1 Å². The number of amides is 1. The molecular weight excluding hydrogens is 414 g/mol. The van der Waals surface area contributed by atoms with E-state index in [1.54, 1.807) is 54.5 Å². The van der Waals surface area contributed by atoms with Crippen molar-refractivity contribution in [3.05, 3.63) is 105 Å². The molecule has 3 aromatic carbocycles. The second kappa shape index (κ2) is 9.02. The van der Waals surface area contributed by atoms with Gasteiger partial charge in [0.15, 0.2) is 0 Å². The highest BCUT2D eigenvalue weighted by atomic mass is 35.5. The number of carbonyl (C=O) groups excluding carboxylic acids is 1. The van der Waals surface area contributed by atoms with Gasteiger partial charge in [0.1, 0.15) is 11.6 Å². The Hall–Kier alpha value is -3.64. The standard InChI is InChI=1S/C24H20ClN3O3/c1-31-21-9-5-2-6-17(21)14-28(24(30)16-10-12-18(25)13-11-16)15-22-26-20-8-4-3-7-19(20)23(29)27-22/h2-13H,14-15H2,1H3,(H,26,27,29). The average Bonchev–Trinajstić information content (AvgIpc) is 2.79. The van der Waals surface area contributed by atoms with E-state index in [-0.39, 0.29) is 24.6 Å². The number of H-pyrrole nitrogens is 1. The third kappa shape index (κ3) is 4.59. The maximum Gasteiger partial charge on any atom is 0.258 e. The summed E-state index contributed by atoms with van der Waals surface area (Å²) in [5.41, 5.74) is 1.67. The molecule has 0 saturated heterocycles. The summed E-state index contributed by atoms with van der Waals surface area (Å²) in [6.45, 7) is 0.404. The Morgan fingerprint density at radius 1 is 1.00 bits per heavy atom. The molecule has 156 valence electrons. The number of rotatable bonds is 6. The van der Waals surface area contributed by atoms with E-state index in [9.17, 15) is 9.59 Å².